The zero-order valence-electron chi connectivity index (χ0n) is 16.8. The highest BCUT2D eigenvalue weighted by molar-refractivity contribution is 5.94. The van der Waals surface area contributed by atoms with E-state index in [4.69, 9.17) is 19.2 Å². The Labute approximate surface area is 161 Å². The predicted molar refractivity (Wildman–Crippen MR) is 110 cm³/mol. The number of ether oxygens (including phenoxy) is 3. The van der Waals surface area contributed by atoms with Gasteiger partial charge in [0.1, 0.15) is 0 Å². The van der Waals surface area contributed by atoms with Crippen molar-refractivity contribution in [3.8, 4) is 17.2 Å². The summed E-state index contributed by atoms with van der Waals surface area (Å²) in [6.07, 6.45) is 0.989. The SMILES string of the molecule is CCNC(=NCc1ccccc1CC)Nc1cc(OC)c(OC)c(OC)c1. The van der Waals surface area contributed by atoms with Gasteiger partial charge >= 0.3 is 0 Å². The molecule has 0 atom stereocenters. The number of hydrogen-bond donors (Lipinski definition) is 2. The maximum absolute atomic E-state index is 5.42. The molecule has 2 N–H and O–H groups in total. The van der Waals surface area contributed by atoms with Crippen LogP contribution in [0.25, 0.3) is 0 Å². The van der Waals surface area contributed by atoms with Gasteiger partial charge in [-0.15, -0.1) is 0 Å². The van der Waals surface area contributed by atoms with Gasteiger partial charge in [-0.25, -0.2) is 4.99 Å². The fraction of sp³-hybridized carbons (Fsp3) is 0.381. The van der Waals surface area contributed by atoms with Gasteiger partial charge in [0.2, 0.25) is 5.75 Å². The van der Waals surface area contributed by atoms with Crippen LogP contribution in [0.4, 0.5) is 5.69 Å². The van der Waals surface area contributed by atoms with Crippen LogP contribution in [0.5, 0.6) is 17.2 Å². The van der Waals surface area contributed by atoms with Crippen molar-refractivity contribution in [3.63, 3.8) is 0 Å². The first-order valence-electron chi connectivity index (χ1n) is 9.08. The molecule has 0 bridgehead atoms. The van der Waals surface area contributed by atoms with E-state index in [9.17, 15) is 0 Å². The molecule has 2 rings (SSSR count). The van der Waals surface area contributed by atoms with Gasteiger partial charge in [0.05, 0.1) is 27.9 Å². The van der Waals surface area contributed by atoms with E-state index in [1.165, 1.54) is 11.1 Å². The number of methoxy groups -OCH3 is 3. The number of rotatable bonds is 8. The molecule has 0 amide bonds. The first-order chi connectivity index (χ1) is 13.2. The minimum absolute atomic E-state index is 0.560. The van der Waals surface area contributed by atoms with Crippen molar-refractivity contribution in [2.24, 2.45) is 4.99 Å². The second-order valence-electron chi connectivity index (χ2n) is 5.86. The van der Waals surface area contributed by atoms with Crippen molar-refractivity contribution < 1.29 is 14.2 Å². The van der Waals surface area contributed by atoms with Gasteiger partial charge in [-0.3, -0.25) is 0 Å². The molecule has 0 aromatic heterocycles. The molecule has 6 nitrogen and oxygen atoms in total. The lowest BCUT2D eigenvalue weighted by atomic mass is 10.1. The van der Waals surface area contributed by atoms with E-state index in [1.807, 2.05) is 25.1 Å². The van der Waals surface area contributed by atoms with Crippen LogP contribution in [-0.4, -0.2) is 33.8 Å². The summed E-state index contributed by atoms with van der Waals surface area (Å²) in [5.74, 6) is 2.43. The minimum atomic E-state index is 0.560. The zero-order valence-corrected chi connectivity index (χ0v) is 16.8. The van der Waals surface area contributed by atoms with Gasteiger partial charge in [0.15, 0.2) is 17.5 Å². The average Bonchev–Trinajstić information content (AvgIpc) is 2.71. The van der Waals surface area contributed by atoms with Crippen LogP contribution < -0.4 is 24.8 Å². The lowest BCUT2D eigenvalue weighted by molar-refractivity contribution is 0.324. The number of aliphatic imine (C=N–C) groups is 1. The topological polar surface area (TPSA) is 64.1 Å². The third-order valence-electron chi connectivity index (χ3n) is 4.18. The predicted octanol–water partition coefficient (Wildman–Crippen LogP) is 3.85. The van der Waals surface area contributed by atoms with Gasteiger partial charge in [-0.2, -0.15) is 0 Å². The Hall–Kier alpha value is -2.89. The van der Waals surface area contributed by atoms with Crippen LogP contribution in [0, 0.1) is 0 Å². The maximum atomic E-state index is 5.42. The van der Waals surface area contributed by atoms with E-state index >= 15 is 0 Å². The van der Waals surface area contributed by atoms with Gasteiger partial charge in [-0.1, -0.05) is 31.2 Å². The maximum Gasteiger partial charge on any atom is 0.203 e. The third kappa shape index (κ3) is 5.29. The number of anilines is 1. The molecule has 146 valence electrons. The fourth-order valence-corrected chi connectivity index (χ4v) is 2.82. The Morgan fingerprint density at radius 2 is 1.56 bits per heavy atom. The first-order valence-corrected chi connectivity index (χ1v) is 9.08. The van der Waals surface area contributed by atoms with Crippen molar-refractivity contribution in [3.05, 3.63) is 47.5 Å². The molecule has 0 saturated heterocycles. The summed E-state index contributed by atoms with van der Waals surface area (Å²) in [4.78, 5) is 4.72. The standard InChI is InChI=1S/C21H29N3O3/c1-6-15-10-8-9-11-16(15)14-23-21(22-7-2)24-17-12-18(25-3)20(27-5)19(13-17)26-4/h8-13H,6-7,14H2,1-5H3,(H2,22,23,24). The number of aryl methyl sites for hydroxylation is 1. The van der Waals surface area contributed by atoms with Crippen LogP contribution in [0.2, 0.25) is 0 Å². The van der Waals surface area contributed by atoms with Crippen LogP contribution in [0.15, 0.2) is 41.4 Å². The van der Waals surface area contributed by atoms with Crippen LogP contribution >= 0.6 is 0 Å². The number of benzene rings is 2. The van der Waals surface area contributed by atoms with Crippen LogP contribution in [0.1, 0.15) is 25.0 Å². The highest BCUT2D eigenvalue weighted by Crippen LogP contribution is 2.39. The Balaban J connectivity index is 2.27. The second-order valence-corrected chi connectivity index (χ2v) is 5.86. The molecular weight excluding hydrogens is 342 g/mol. The van der Waals surface area contributed by atoms with E-state index in [0.29, 0.717) is 29.8 Å². The van der Waals surface area contributed by atoms with Gasteiger partial charge in [0, 0.05) is 24.4 Å². The highest BCUT2D eigenvalue weighted by atomic mass is 16.5. The largest absolute Gasteiger partial charge is 0.493 e. The van der Waals surface area contributed by atoms with Crippen LogP contribution in [-0.2, 0) is 13.0 Å². The lowest BCUT2D eigenvalue weighted by Crippen LogP contribution is -2.30. The summed E-state index contributed by atoms with van der Waals surface area (Å²) in [6, 6.07) is 12.1. The molecule has 0 unspecified atom stereocenters. The third-order valence-corrected chi connectivity index (χ3v) is 4.18. The molecule has 0 fully saturated rings. The summed E-state index contributed by atoms with van der Waals surface area (Å²) in [6.45, 7) is 5.55. The second kappa shape index (κ2) is 10.3. The monoisotopic (exact) mass is 371 g/mol. The van der Waals surface area contributed by atoms with Gasteiger partial charge < -0.3 is 24.8 Å². The Morgan fingerprint density at radius 3 is 2.07 bits per heavy atom. The van der Waals surface area contributed by atoms with E-state index < -0.39 is 0 Å². The van der Waals surface area contributed by atoms with Gasteiger partial charge in [0.25, 0.3) is 0 Å². The molecule has 0 aliphatic rings. The molecule has 0 saturated carbocycles. The fourth-order valence-electron chi connectivity index (χ4n) is 2.82. The average molecular weight is 371 g/mol. The number of hydrogen-bond acceptors (Lipinski definition) is 4. The highest BCUT2D eigenvalue weighted by Gasteiger charge is 2.14. The molecule has 0 aliphatic heterocycles. The van der Waals surface area contributed by atoms with Crippen molar-refractivity contribution in [1.82, 2.24) is 5.32 Å². The number of guanidine groups is 1. The molecule has 2 aromatic rings. The first kappa shape index (κ1) is 20.4. The van der Waals surface area contributed by atoms with E-state index in [-0.39, 0.29) is 0 Å². The van der Waals surface area contributed by atoms with Crippen molar-refractivity contribution in [1.29, 1.82) is 0 Å². The summed E-state index contributed by atoms with van der Waals surface area (Å²) in [7, 11) is 4.79. The van der Waals surface area contributed by atoms with Crippen LogP contribution in [0.3, 0.4) is 0 Å². The van der Waals surface area contributed by atoms with Crippen molar-refractivity contribution in [2.45, 2.75) is 26.8 Å². The van der Waals surface area contributed by atoms with E-state index in [1.54, 1.807) is 21.3 Å². The summed E-state index contributed by atoms with van der Waals surface area (Å²) in [5, 5.41) is 6.58. The Kier molecular flexibility index (Phi) is 7.79. The quantitative estimate of drug-likeness (QED) is 0.545. The Morgan fingerprint density at radius 1 is 0.926 bits per heavy atom. The summed E-state index contributed by atoms with van der Waals surface area (Å²) in [5.41, 5.74) is 3.33. The van der Waals surface area contributed by atoms with E-state index in [2.05, 4.69) is 35.8 Å². The molecule has 0 spiro atoms. The molecule has 2 aromatic carbocycles. The lowest BCUT2D eigenvalue weighted by Gasteiger charge is -2.16. The normalized spacial score (nSPS) is 11.1. The molecule has 0 radical (unpaired) electrons. The summed E-state index contributed by atoms with van der Waals surface area (Å²) >= 11 is 0. The number of nitrogens with zero attached hydrogens (tertiary/aromatic N) is 1. The Bertz CT molecular complexity index is 750. The van der Waals surface area contributed by atoms with Crippen molar-refractivity contribution >= 4 is 11.6 Å². The summed E-state index contributed by atoms with van der Waals surface area (Å²) < 4.78 is 16.2. The molecular formula is C21H29N3O3. The smallest absolute Gasteiger partial charge is 0.203 e. The molecule has 27 heavy (non-hydrogen) atoms. The minimum Gasteiger partial charge on any atom is -0.493 e. The molecule has 6 heteroatoms. The molecule has 0 aliphatic carbocycles. The van der Waals surface area contributed by atoms with E-state index in [0.717, 1.165) is 18.7 Å². The van der Waals surface area contributed by atoms with Gasteiger partial charge in [-0.05, 0) is 24.5 Å². The number of nitrogens with one attached hydrogen (secondary N) is 2. The van der Waals surface area contributed by atoms with Crippen molar-refractivity contribution in [2.75, 3.05) is 33.2 Å². The zero-order chi connectivity index (χ0) is 19.6. The molecule has 0 heterocycles.